The highest BCUT2D eigenvalue weighted by Crippen LogP contribution is 2.44. The molecule has 2 aliphatic rings. The third kappa shape index (κ3) is 5.04. The van der Waals surface area contributed by atoms with Crippen molar-refractivity contribution in [2.24, 2.45) is 16.7 Å². The molecule has 26 heavy (non-hydrogen) atoms. The molecule has 0 saturated carbocycles. The van der Waals surface area contributed by atoms with E-state index in [4.69, 9.17) is 0 Å². The standard InChI is InChI=1S/C24H48N2/c1-21(2,3)20-13-17-26(20)24(9,10)15-14-23(7,8)19-12-11-16-25(18-19)22(4,5)6/h19-20H,11-18H2,1-10H3. The first-order valence-electron chi connectivity index (χ1n) is 11.2. The van der Waals surface area contributed by atoms with Crippen LogP contribution in [0.15, 0.2) is 0 Å². The minimum Gasteiger partial charge on any atom is -0.298 e. The molecule has 0 aromatic carbocycles. The molecule has 2 nitrogen and oxygen atoms in total. The number of nitrogens with zero attached hydrogens (tertiary/aromatic N) is 2. The van der Waals surface area contributed by atoms with E-state index in [-0.39, 0.29) is 0 Å². The number of piperidine rings is 1. The molecule has 154 valence electrons. The smallest absolute Gasteiger partial charge is 0.0161 e. The van der Waals surface area contributed by atoms with Crippen LogP contribution in [0, 0.1) is 16.7 Å². The summed E-state index contributed by atoms with van der Waals surface area (Å²) in [7, 11) is 0. The van der Waals surface area contributed by atoms with Crippen LogP contribution in [0.5, 0.6) is 0 Å². The molecular weight excluding hydrogens is 316 g/mol. The molecule has 0 aromatic heterocycles. The maximum Gasteiger partial charge on any atom is 0.0161 e. The van der Waals surface area contributed by atoms with Crippen molar-refractivity contribution in [3.8, 4) is 0 Å². The second-order valence-corrected chi connectivity index (χ2v) is 12.6. The Hall–Kier alpha value is -0.0800. The summed E-state index contributed by atoms with van der Waals surface area (Å²) in [6.07, 6.45) is 6.81. The van der Waals surface area contributed by atoms with E-state index in [0.29, 0.717) is 21.9 Å². The van der Waals surface area contributed by atoms with Crippen LogP contribution in [0.25, 0.3) is 0 Å². The van der Waals surface area contributed by atoms with Crippen LogP contribution in [-0.4, -0.2) is 46.6 Å². The van der Waals surface area contributed by atoms with Gasteiger partial charge in [0.05, 0.1) is 0 Å². The van der Waals surface area contributed by atoms with Gasteiger partial charge in [-0.2, -0.15) is 0 Å². The molecule has 0 radical (unpaired) electrons. The fourth-order valence-corrected chi connectivity index (χ4v) is 5.21. The van der Waals surface area contributed by atoms with Gasteiger partial charge in [0, 0.05) is 30.2 Å². The van der Waals surface area contributed by atoms with Crippen LogP contribution in [-0.2, 0) is 0 Å². The molecule has 2 aliphatic heterocycles. The van der Waals surface area contributed by atoms with E-state index in [1.165, 1.54) is 51.7 Å². The number of hydrogen-bond donors (Lipinski definition) is 0. The summed E-state index contributed by atoms with van der Waals surface area (Å²) in [4.78, 5) is 5.52. The van der Waals surface area contributed by atoms with Crippen LogP contribution >= 0.6 is 0 Å². The van der Waals surface area contributed by atoms with Gasteiger partial charge in [-0.3, -0.25) is 9.80 Å². The second kappa shape index (κ2) is 7.39. The summed E-state index contributed by atoms with van der Waals surface area (Å²) in [5, 5.41) is 0. The van der Waals surface area contributed by atoms with Crippen molar-refractivity contribution in [3.05, 3.63) is 0 Å². The van der Waals surface area contributed by atoms with Crippen molar-refractivity contribution in [1.82, 2.24) is 9.80 Å². The zero-order chi connectivity index (χ0) is 20.0. The molecule has 2 fully saturated rings. The van der Waals surface area contributed by atoms with Crippen molar-refractivity contribution in [2.75, 3.05) is 19.6 Å². The summed E-state index contributed by atoms with van der Waals surface area (Å²) in [5.41, 5.74) is 1.47. The average Bonchev–Trinajstić information content (AvgIpc) is 2.41. The molecule has 2 saturated heterocycles. The van der Waals surface area contributed by atoms with E-state index in [1.807, 2.05) is 0 Å². The largest absolute Gasteiger partial charge is 0.298 e. The van der Waals surface area contributed by atoms with Crippen molar-refractivity contribution < 1.29 is 0 Å². The average molecular weight is 365 g/mol. The Kier molecular flexibility index (Phi) is 6.31. The Labute approximate surface area is 165 Å². The zero-order valence-electron chi connectivity index (χ0n) is 19.7. The first-order chi connectivity index (χ1) is 11.6. The maximum absolute atomic E-state index is 2.80. The molecule has 0 spiro atoms. The third-order valence-corrected chi connectivity index (χ3v) is 7.65. The Morgan fingerprint density at radius 1 is 0.769 bits per heavy atom. The lowest BCUT2D eigenvalue weighted by molar-refractivity contribution is -0.0703. The third-order valence-electron chi connectivity index (χ3n) is 7.65. The van der Waals surface area contributed by atoms with E-state index in [1.54, 1.807) is 0 Å². The van der Waals surface area contributed by atoms with E-state index < -0.39 is 0 Å². The normalized spacial score (nSPS) is 27.5. The van der Waals surface area contributed by atoms with E-state index in [9.17, 15) is 0 Å². The quantitative estimate of drug-likeness (QED) is 0.573. The van der Waals surface area contributed by atoms with Gasteiger partial charge in [0.2, 0.25) is 0 Å². The Balaban J connectivity index is 1.96. The molecule has 0 aromatic rings. The molecular formula is C24H48N2. The van der Waals surface area contributed by atoms with E-state index in [0.717, 1.165) is 12.0 Å². The van der Waals surface area contributed by atoms with Gasteiger partial charge in [0.15, 0.2) is 0 Å². The fourth-order valence-electron chi connectivity index (χ4n) is 5.21. The summed E-state index contributed by atoms with van der Waals surface area (Å²) in [5.74, 6) is 0.834. The predicted octanol–water partition coefficient (Wildman–Crippen LogP) is 6.20. The molecule has 2 unspecified atom stereocenters. The van der Waals surface area contributed by atoms with Crippen molar-refractivity contribution in [2.45, 2.75) is 118 Å². The molecule has 0 aliphatic carbocycles. The van der Waals surface area contributed by atoms with Gasteiger partial charge in [-0.05, 0) is 90.0 Å². The molecule has 2 atom stereocenters. The highest BCUT2D eigenvalue weighted by atomic mass is 15.3. The van der Waals surface area contributed by atoms with Gasteiger partial charge < -0.3 is 0 Å². The predicted molar refractivity (Wildman–Crippen MR) is 116 cm³/mol. The van der Waals surface area contributed by atoms with Crippen LogP contribution in [0.2, 0.25) is 0 Å². The summed E-state index contributed by atoms with van der Waals surface area (Å²) in [6, 6.07) is 0.756. The summed E-state index contributed by atoms with van der Waals surface area (Å²) < 4.78 is 0. The van der Waals surface area contributed by atoms with Crippen molar-refractivity contribution in [3.63, 3.8) is 0 Å². The van der Waals surface area contributed by atoms with Crippen LogP contribution in [0.3, 0.4) is 0 Å². The van der Waals surface area contributed by atoms with E-state index in [2.05, 4.69) is 79.0 Å². The number of likely N-dealkylation sites (tertiary alicyclic amines) is 2. The van der Waals surface area contributed by atoms with Crippen LogP contribution in [0.4, 0.5) is 0 Å². The van der Waals surface area contributed by atoms with Crippen LogP contribution in [0.1, 0.15) is 101 Å². The molecule has 0 bridgehead atoms. The SMILES string of the molecule is CC(C)(C)C1CCN1C(C)(C)CCC(C)(C)C1CCCN(C(C)(C)C)C1. The van der Waals surface area contributed by atoms with Gasteiger partial charge >= 0.3 is 0 Å². The minimum atomic E-state index is 0.311. The minimum absolute atomic E-state index is 0.311. The first kappa shape index (κ1) is 22.2. The maximum atomic E-state index is 2.80. The van der Waals surface area contributed by atoms with Gasteiger partial charge in [-0.25, -0.2) is 0 Å². The molecule has 0 amide bonds. The van der Waals surface area contributed by atoms with Gasteiger partial charge in [0.1, 0.15) is 0 Å². The first-order valence-corrected chi connectivity index (χ1v) is 11.2. The van der Waals surface area contributed by atoms with Gasteiger partial charge in [-0.1, -0.05) is 34.6 Å². The van der Waals surface area contributed by atoms with E-state index >= 15 is 0 Å². The highest BCUT2D eigenvalue weighted by molar-refractivity contribution is 5.00. The number of hydrogen-bond acceptors (Lipinski definition) is 2. The van der Waals surface area contributed by atoms with Crippen LogP contribution < -0.4 is 0 Å². The molecule has 0 N–H and O–H groups in total. The monoisotopic (exact) mass is 364 g/mol. The van der Waals surface area contributed by atoms with Crippen molar-refractivity contribution >= 4 is 0 Å². The lowest BCUT2D eigenvalue weighted by Crippen LogP contribution is -2.62. The Bertz CT molecular complexity index is 464. The highest BCUT2D eigenvalue weighted by Gasteiger charge is 2.45. The lowest BCUT2D eigenvalue weighted by atomic mass is 9.69. The second-order valence-electron chi connectivity index (χ2n) is 12.6. The van der Waals surface area contributed by atoms with Gasteiger partial charge in [0.25, 0.3) is 0 Å². The topological polar surface area (TPSA) is 6.48 Å². The molecule has 2 heteroatoms. The lowest BCUT2D eigenvalue weighted by Gasteiger charge is -2.56. The molecule has 2 rings (SSSR count). The summed E-state index contributed by atoms with van der Waals surface area (Å²) >= 11 is 0. The Morgan fingerprint density at radius 3 is 1.85 bits per heavy atom. The fraction of sp³-hybridized carbons (Fsp3) is 1.00. The number of rotatable bonds is 5. The zero-order valence-corrected chi connectivity index (χ0v) is 19.7. The summed E-state index contributed by atoms with van der Waals surface area (Å²) in [6.45, 7) is 28.3. The van der Waals surface area contributed by atoms with Crippen molar-refractivity contribution in [1.29, 1.82) is 0 Å². The van der Waals surface area contributed by atoms with Gasteiger partial charge in [-0.15, -0.1) is 0 Å². The molecule has 2 heterocycles. The Morgan fingerprint density at radius 2 is 1.38 bits per heavy atom.